The highest BCUT2D eigenvalue weighted by molar-refractivity contribution is 5.71. The summed E-state index contributed by atoms with van der Waals surface area (Å²) >= 11 is 0. The van der Waals surface area contributed by atoms with E-state index in [1.807, 2.05) is 0 Å². The standard InChI is InChI=1S/C70H136O6/c1-4-7-10-13-16-19-22-25-28-30-32-33-34-35-36-37-39-40-42-45-48-51-54-57-60-63-69(72)75-66-67(65-74-68(71)62-59-56-53-50-47-44-27-24-21-18-15-12-9-6-3)76-70(73)64-61-58-55-52-49-46-43-41-38-31-29-26-23-20-17-14-11-8-5-2/h67H,4-66H2,1-3H3. The summed E-state index contributed by atoms with van der Waals surface area (Å²) in [6, 6.07) is 0. The molecule has 76 heavy (non-hydrogen) atoms. The quantitative estimate of drug-likeness (QED) is 0.0343. The molecular formula is C70H136O6. The van der Waals surface area contributed by atoms with Gasteiger partial charge in [-0.2, -0.15) is 0 Å². The van der Waals surface area contributed by atoms with Crippen LogP contribution in [0.25, 0.3) is 0 Å². The van der Waals surface area contributed by atoms with Crippen molar-refractivity contribution in [2.75, 3.05) is 13.2 Å². The molecule has 0 fully saturated rings. The van der Waals surface area contributed by atoms with E-state index >= 15 is 0 Å². The summed E-state index contributed by atoms with van der Waals surface area (Å²) < 4.78 is 17.0. The van der Waals surface area contributed by atoms with Crippen LogP contribution >= 0.6 is 0 Å². The average molecular weight is 1070 g/mol. The van der Waals surface area contributed by atoms with Crippen molar-refractivity contribution in [3.05, 3.63) is 0 Å². The molecule has 452 valence electrons. The molecule has 0 amide bonds. The Morgan fingerprint density at radius 3 is 0.526 bits per heavy atom. The average Bonchev–Trinajstić information content (AvgIpc) is 3.42. The molecule has 0 saturated carbocycles. The molecule has 6 nitrogen and oxygen atoms in total. The highest BCUT2D eigenvalue weighted by Crippen LogP contribution is 2.19. The van der Waals surface area contributed by atoms with Gasteiger partial charge in [-0.25, -0.2) is 0 Å². The Morgan fingerprint density at radius 1 is 0.211 bits per heavy atom. The fourth-order valence-electron chi connectivity index (χ4n) is 11.1. The predicted molar refractivity (Wildman–Crippen MR) is 330 cm³/mol. The second-order valence-corrected chi connectivity index (χ2v) is 24.2. The molecule has 0 saturated heterocycles. The van der Waals surface area contributed by atoms with Gasteiger partial charge in [0.2, 0.25) is 0 Å². The van der Waals surface area contributed by atoms with Gasteiger partial charge in [0.05, 0.1) is 0 Å². The minimum atomic E-state index is -0.763. The van der Waals surface area contributed by atoms with Gasteiger partial charge in [-0.15, -0.1) is 0 Å². The van der Waals surface area contributed by atoms with Crippen molar-refractivity contribution < 1.29 is 28.6 Å². The number of carbonyl (C=O) groups excluding carboxylic acids is 3. The lowest BCUT2D eigenvalue weighted by molar-refractivity contribution is -0.167. The molecular weight excluding hydrogens is 937 g/mol. The molecule has 0 aromatic carbocycles. The number of hydrogen-bond donors (Lipinski definition) is 0. The van der Waals surface area contributed by atoms with Crippen molar-refractivity contribution in [1.29, 1.82) is 0 Å². The van der Waals surface area contributed by atoms with Gasteiger partial charge in [-0.3, -0.25) is 14.4 Å². The third-order valence-corrected chi connectivity index (χ3v) is 16.4. The first-order chi connectivity index (χ1) is 37.5. The molecule has 0 aliphatic rings. The van der Waals surface area contributed by atoms with Gasteiger partial charge in [-0.1, -0.05) is 374 Å². The first-order valence-electron chi connectivity index (χ1n) is 35.0. The Morgan fingerprint density at radius 2 is 0.355 bits per heavy atom. The number of rotatable bonds is 66. The predicted octanol–water partition coefficient (Wildman–Crippen LogP) is 23.8. The van der Waals surface area contributed by atoms with E-state index in [-0.39, 0.29) is 31.1 Å². The van der Waals surface area contributed by atoms with Gasteiger partial charge in [-0.05, 0) is 19.3 Å². The van der Waals surface area contributed by atoms with Crippen molar-refractivity contribution in [1.82, 2.24) is 0 Å². The van der Waals surface area contributed by atoms with Crippen LogP contribution in [0, 0.1) is 0 Å². The Balaban J connectivity index is 4.20. The SMILES string of the molecule is CCCCCCCCCCCCCCCCCCCCCCCCCCCC(=O)OCC(COC(=O)CCCCCCCCCCCCCCCC)OC(=O)CCCCCCCCCCCCCCCCCCCCC. The molecule has 0 bridgehead atoms. The highest BCUT2D eigenvalue weighted by Gasteiger charge is 2.19. The van der Waals surface area contributed by atoms with Crippen molar-refractivity contribution in [2.24, 2.45) is 0 Å². The summed E-state index contributed by atoms with van der Waals surface area (Å²) in [5.74, 6) is -0.820. The van der Waals surface area contributed by atoms with Crippen molar-refractivity contribution in [3.63, 3.8) is 0 Å². The Bertz CT molecular complexity index is 1140. The number of carbonyl (C=O) groups is 3. The summed E-state index contributed by atoms with van der Waals surface area (Å²) in [5, 5.41) is 0. The van der Waals surface area contributed by atoms with E-state index < -0.39 is 6.10 Å². The summed E-state index contributed by atoms with van der Waals surface area (Å²) in [7, 11) is 0. The summed E-state index contributed by atoms with van der Waals surface area (Å²) in [6.45, 7) is 6.74. The molecule has 1 unspecified atom stereocenters. The van der Waals surface area contributed by atoms with Gasteiger partial charge in [0, 0.05) is 19.3 Å². The number of hydrogen-bond acceptors (Lipinski definition) is 6. The van der Waals surface area contributed by atoms with Crippen LogP contribution in [0.5, 0.6) is 0 Å². The van der Waals surface area contributed by atoms with Crippen molar-refractivity contribution in [3.8, 4) is 0 Å². The minimum absolute atomic E-state index is 0.0602. The fraction of sp³-hybridized carbons (Fsp3) is 0.957. The largest absolute Gasteiger partial charge is 0.462 e. The van der Waals surface area contributed by atoms with Crippen molar-refractivity contribution >= 4 is 17.9 Å². The first-order valence-corrected chi connectivity index (χ1v) is 35.0. The van der Waals surface area contributed by atoms with E-state index in [1.165, 1.54) is 315 Å². The maximum atomic E-state index is 12.9. The van der Waals surface area contributed by atoms with Crippen LogP contribution in [0.15, 0.2) is 0 Å². The summed E-state index contributed by atoms with van der Waals surface area (Å²) in [6.07, 6.45) is 77.0. The van der Waals surface area contributed by atoms with E-state index in [1.54, 1.807) is 0 Å². The molecule has 0 heterocycles. The van der Waals surface area contributed by atoms with Crippen molar-refractivity contribution in [2.45, 2.75) is 419 Å². The van der Waals surface area contributed by atoms with E-state index in [9.17, 15) is 14.4 Å². The Kier molecular flexibility index (Phi) is 64.5. The molecule has 0 aliphatic carbocycles. The lowest BCUT2D eigenvalue weighted by atomic mass is 10.0. The van der Waals surface area contributed by atoms with Gasteiger partial charge in [0.15, 0.2) is 6.10 Å². The lowest BCUT2D eigenvalue weighted by Gasteiger charge is -2.18. The molecule has 0 aromatic heterocycles. The summed E-state index contributed by atoms with van der Waals surface area (Å²) in [4.78, 5) is 38.4. The monoisotopic (exact) mass is 1070 g/mol. The van der Waals surface area contributed by atoms with Gasteiger partial charge in [0.1, 0.15) is 13.2 Å². The van der Waals surface area contributed by atoms with E-state index in [0.717, 1.165) is 57.8 Å². The number of ether oxygens (including phenoxy) is 3. The molecule has 0 radical (unpaired) electrons. The summed E-state index contributed by atoms with van der Waals surface area (Å²) in [5.41, 5.74) is 0. The van der Waals surface area contributed by atoms with Crippen LogP contribution in [0.3, 0.4) is 0 Å². The minimum Gasteiger partial charge on any atom is -0.462 e. The zero-order valence-corrected chi connectivity index (χ0v) is 52.1. The van der Waals surface area contributed by atoms with Crippen LogP contribution < -0.4 is 0 Å². The van der Waals surface area contributed by atoms with Crippen LogP contribution in [0.1, 0.15) is 412 Å². The molecule has 0 aromatic rings. The van der Waals surface area contributed by atoms with Crippen LogP contribution in [0.2, 0.25) is 0 Å². The maximum absolute atomic E-state index is 12.9. The zero-order valence-electron chi connectivity index (χ0n) is 52.1. The van der Waals surface area contributed by atoms with Crippen LogP contribution in [-0.4, -0.2) is 37.2 Å². The smallest absolute Gasteiger partial charge is 0.306 e. The highest BCUT2D eigenvalue weighted by atomic mass is 16.6. The fourth-order valence-corrected chi connectivity index (χ4v) is 11.1. The van der Waals surface area contributed by atoms with Gasteiger partial charge in [0.25, 0.3) is 0 Å². The lowest BCUT2D eigenvalue weighted by Crippen LogP contribution is -2.30. The molecule has 0 aliphatic heterocycles. The zero-order chi connectivity index (χ0) is 55.0. The Hall–Kier alpha value is -1.59. The number of unbranched alkanes of at least 4 members (excludes halogenated alkanes) is 55. The molecule has 0 N–H and O–H groups in total. The van der Waals surface area contributed by atoms with Gasteiger partial charge < -0.3 is 14.2 Å². The topological polar surface area (TPSA) is 78.9 Å². The number of esters is 3. The third kappa shape index (κ3) is 63.2. The molecule has 1 atom stereocenters. The maximum Gasteiger partial charge on any atom is 0.306 e. The van der Waals surface area contributed by atoms with Gasteiger partial charge >= 0.3 is 17.9 Å². The first kappa shape index (κ1) is 74.4. The van der Waals surface area contributed by atoms with E-state index in [0.29, 0.717) is 19.3 Å². The second-order valence-electron chi connectivity index (χ2n) is 24.2. The normalized spacial score (nSPS) is 11.9. The van der Waals surface area contributed by atoms with Crippen LogP contribution in [0.4, 0.5) is 0 Å². The third-order valence-electron chi connectivity index (χ3n) is 16.4. The van der Waals surface area contributed by atoms with E-state index in [2.05, 4.69) is 20.8 Å². The van der Waals surface area contributed by atoms with Crippen LogP contribution in [-0.2, 0) is 28.6 Å². The molecule has 6 heteroatoms. The Labute approximate surface area is 476 Å². The molecule has 0 spiro atoms. The van der Waals surface area contributed by atoms with E-state index in [4.69, 9.17) is 14.2 Å². The molecule has 0 rings (SSSR count). The second kappa shape index (κ2) is 65.9.